The molecule has 2 aromatic rings. The summed E-state index contributed by atoms with van der Waals surface area (Å²) in [6.07, 6.45) is 0.218. The van der Waals surface area contributed by atoms with Gasteiger partial charge in [0.2, 0.25) is 5.95 Å². The number of nitrogens with two attached hydrogens (primary N) is 1. The summed E-state index contributed by atoms with van der Waals surface area (Å²) in [5.41, 5.74) is 7.70. The number of nitrogens with zero attached hydrogens (tertiary/aromatic N) is 2. The molecule has 0 saturated heterocycles. The summed E-state index contributed by atoms with van der Waals surface area (Å²) in [6, 6.07) is 5.79. The van der Waals surface area contributed by atoms with Crippen LogP contribution in [0.25, 0.3) is 11.0 Å². The third-order valence-electron chi connectivity index (χ3n) is 2.76. The quantitative estimate of drug-likeness (QED) is 0.881. The number of benzene rings is 1. The molecule has 0 bridgehead atoms. The fraction of sp³-hybridized carbons (Fsp3) is 0.462. The van der Waals surface area contributed by atoms with Crippen LogP contribution in [0.1, 0.15) is 13.8 Å². The smallest absolute Gasteiger partial charge is 0.201 e. The number of hydrogen-bond acceptors (Lipinski definition) is 4. The lowest BCUT2D eigenvalue weighted by Crippen LogP contribution is -2.12. The highest BCUT2D eigenvalue weighted by molar-refractivity contribution is 5.84. The third-order valence-corrected chi connectivity index (χ3v) is 2.76. The van der Waals surface area contributed by atoms with Crippen LogP contribution >= 0.6 is 0 Å². The van der Waals surface area contributed by atoms with Gasteiger partial charge in [0.15, 0.2) is 0 Å². The van der Waals surface area contributed by atoms with Crippen LogP contribution in [0, 0.1) is 0 Å². The Kier molecular flexibility index (Phi) is 3.72. The van der Waals surface area contributed by atoms with E-state index >= 15 is 0 Å². The highest BCUT2D eigenvalue weighted by atomic mass is 16.5. The van der Waals surface area contributed by atoms with Gasteiger partial charge in [-0.05, 0) is 26.0 Å². The van der Waals surface area contributed by atoms with E-state index in [1.807, 2.05) is 36.6 Å². The molecule has 0 unspecified atom stereocenters. The zero-order valence-corrected chi connectivity index (χ0v) is 11.0. The van der Waals surface area contributed by atoms with Crippen molar-refractivity contribution < 1.29 is 9.47 Å². The summed E-state index contributed by atoms with van der Waals surface area (Å²) in [4.78, 5) is 4.34. The van der Waals surface area contributed by atoms with Crippen molar-refractivity contribution >= 4 is 17.0 Å². The van der Waals surface area contributed by atoms with Gasteiger partial charge in [0.1, 0.15) is 11.3 Å². The number of anilines is 1. The Morgan fingerprint density at radius 3 is 2.83 bits per heavy atom. The number of fused-ring (bicyclic) bond motifs is 1. The van der Waals surface area contributed by atoms with Crippen molar-refractivity contribution in [2.45, 2.75) is 26.5 Å². The first-order valence-electron chi connectivity index (χ1n) is 6.03. The Hall–Kier alpha value is -1.75. The van der Waals surface area contributed by atoms with E-state index < -0.39 is 0 Å². The minimum Gasteiger partial charge on any atom is -0.494 e. The Labute approximate surface area is 107 Å². The molecule has 2 rings (SSSR count). The molecule has 0 aliphatic carbocycles. The molecule has 0 radical (unpaired) electrons. The molecule has 0 aliphatic heterocycles. The third kappa shape index (κ3) is 2.41. The van der Waals surface area contributed by atoms with Crippen LogP contribution in [0.3, 0.4) is 0 Å². The second-order valence-corrected chi connectivity index (χ2v) is 4.37. The van der Waals surface area contributed by atoms with Crippen molar-refractivity contribution in [1.29, 1.82) is 0 Å². The van der Waals surface area contributed by atoms with E-state index in [0.29, 0.717) is 19.1 Å². The molecule has 0 aliphatic rings. The lowest BCUT2D eigenvalue weighted by molar-refractivity contribution is 0.0735. The van der Waals surface area contributed by atoms with Crippen LogP contribution in [0.2, 0.25) is 0 Å². The van der Waals surface area contributed by atoms with Crippen LogP contribution in [-0.4, -0.2) is 29.4 Å². The van der Waals surface area contributed by atoms with E-state index in [0.717, 1.165) is 16.8 Å². The largest absolute Gasteiger partial charge is 0.494 e. The van der Waals surface area contributed by atoms with Crippen molar-refractivity contribution in [3.63, 3.8) is 0 Å². The minimum atomic E-state index is 0.218. The molecule has 1 heterocycles. The average Bonchev–Trinajstić information content (AvgIpc) is 2.65. The fourth-order valence-corrected chi connectivity index (χ4v) is 1.92. The van der Waals surface area contributed by atoms with E-state index in [2.05, 4.69) is 4.98 Å². The van der Waals surface area contributed by atoms with Gasteiger partial charge in [-0.3, -0.25) is 0 Å². The molecule has 1 aromatic carbocycles. The molecular formula is C13H19N3O2. The molecule has 1 aromatic heterocycles. The first kappa shape index (κ1) is 12.7. The van der Waals surface area contributed by atoms with E-state index in [1.54, 1.807) is 7.11 Å². The topological polar surface area (TPSA) is 62.3 Å². The Morgan fingerprint density at radius 2 is 2.17 bits per heavy atom. The number of imidazole rings is 1. The summed E-state index contributed by atoms with van der Waals surface area (Å²) in [7, 11) is 1.63. The van der Waals surface area contributed by atoms with E-state index in [4.69, 9.17) is 15.2 Å². The highest BCUT2D eigenvalue weighted by Gasteiger charge is 2.11. The molecule has 5 heteroatoms. The first-order valence-corrected chi connectivity index (χ1v) is 6.03. The molecule has 0 atom stereocenters. The molecule has 0 amide bonds. The molecule has 98 valence electrons. The molecule has 5 nitrogen and oxygen atoms in total. The Balaban J connectivity index is 2.30. The van der Waals surface area contributed by atoms with E-state index in [-0.39, 0.29) is 6.10 Å². The number of para-hydroxylation sites is 1. The maximum atomic E-state index is 5.93. The summed E-state index contributed by atoms with van der Waals surface area (Å²) >= 11 is 0. The van der Waals surface area contributed by atoms with Gasteiger partial charge >= 0.3 is 0 Å². The number of hydrogen-bond donors (Lipinski definition) is 1. The molecular weight excluding hydrogens is 230 g/mol. The number of aromatic nitrogens is 2. The maximum absolute atomic E-state index is 5.93. The molecule has 0 fully saturated rings. The number of nitrogen functional groups attached to an aromatic ring is 1. The number of methoxy groups -OCH3 is 1. The van der Waals surface area contributed by atoms with Gasteiger partial charge in [0.05, 0.1) is 25.3 Å². The lowest BCUT2D eigenvalue weighted by atomic mass is 10.3. The maximum Gasteiger partial charge on any atom is 0.201 e. The molecule has 0 saturated carbocycles. The normalized spacial score (nSPS) is 11.3. The second kappa shape index (κ2) is 5.27. The average molecular weight is 249 g/mol. The van der Waals surface area contributed by atoms with Crippen molar-refractivity contribution in [3.05, 3.63) is 18.2 Å². The number of rotatable bonds is 5. The van der Waals surface area contributed by atoms with Crippen LogP contribution in [0.4, 0.5) is 5.95 Å². The highest BCUT2D eigenvalue weighted by Crippen LogP contribution is 2.26. The summed E-state index contributed by atoms with van der Waals surface area (Å²) < 4.78 is 12.8. The van der Waals surface area contributed by atoms with Gasteiger partial charge in [-0.15, -0.1) is 0 Å². The number of ether oxygens (including phenoxy) is 2. The standard InChI is InChI=1S/C13H19N3O2/c1-9(2)18-8-7-16-10-5-4-6-11(17-3)12(10)15-13(16)14/h4-6,9H,7-8H2,1-3H3,(H2,14,15). The van der Waals surface area contributed by atoms with E-state index in [9.17, 15) is 0 Å². The van der Waals surface area contributed by atoms with E-state index in [1.165, 1.54) is 0 Å². The summed E-state index contributed by atoms with van der Waals surface area (Å²) in [5.74, 6) is 1.23. The van der Waals surface area contributed by atoms with Gasteiger partial charge in [-0.25, -0.2) is 4.98 Å². The minimum absolute atomic E-state index is 0.218. The van der Waals surface area contributed by atoms with Gasteiger partial charge in [-0.2, -0.15) is 0 Å². The monoisotopic (exact) mass is 249 g/mol. The first-order chi connectivity index (χ1) is 8.63. The second-order valence-electron chi connectivity index (χ2n) is 4.37. The van der Waals surface area contributed by atoms with Crippen molar-refractivity contribution in [2.75, 3.05) is 19.5 Å². The molecule has 18 heavy (non-hydrogen) atoms. The van der Waals surface area contributed by atoms with Crippen molar-refractivity contribution in [1.82, 2.24) is 9.55 Å². The van der Waals surface area contributed by atoms with Crippen LogP contribution in [0.5, 0.6) is 5.75 Å². The zero-order valence-electron chi connectivity index (χ0n) is 11.0. The Bertz CT molecular complexity index is 534. The van der Waals surface area contributed by atoms with Crippen molar-refractivity contribution in [2.24, 2.45) is 0 Å². The predicted molar refractivity (Wildman–Crippen MR) is 71.8 cm³/mol. The van der Waals surface area contributed by atoms with Crippen molar-refractivity contribution in [3.8, 4) is 5.75 Å². The zero-order chi connectivity index (χ0) is 13.1. The van der Waals surface area contributed by atoms with Gasteiger partial charge in [0, 0.05) is 6.54 Å². The van der Waals surface area contributed by atoms with Crippen LogP contribution < -0.4 is 10.5 Å². The lowest BCUT2D eigenvalue weighted by Gasteiger charge is -2.10. The Morgan fingerprint density at radius 1 is 1.39 bits per heavy atom. The summed E-state index contributed by atoms with van der Waals surface area (Å²) in [5, 5.41) is 0. The summed E-state index contributed by atoms with van der Waals surface area (Å²) in [6.45, 7) is 5.33. The van der Waals surface area contributed by atoms with Gasteiger partial charge in [-0.1, -0.05) is 6.07 Å². The predicted octanol–water partition coefficient (Wildman–Crippen LogP) is 2.05. The molecule has 2 N–H and O–H groups in total. The SMILES string of the molecule is COc1cccc2c1nc(N)n2CCOC(C)C. The van der Waals surface area contributed by atoms with Gasteiger partial charge < -0.3 is 19.8 Å². The fourth-order valence-electron chi connectivity index (χ4n) is 1.92. The van der Waals surface area contributed by atoms with Gasteiger partial charge in [0.25, 0.3) is 0 Å². The molecule has 0 spiro atoms. The van der Waals surface area contributed by atoms with Crippen LogP contribution in [0.15, 0.2) is 18.2 Å². The van der Waals surface area contributed by atoms with Crippen LogP contribution in [-0.2, 0) is 11.3 Å².